The molecule has 4 atom stereocenters. The van der Waals surface area contributed by atoms with Gasteiger partial charge in [0.05, 0.1) is 17.5 Å². The van der Waals surface area contributed by atoms with Crippen molar-refractivity contribution in [2.24, 2.45) is 5.92 Å². The van der Waals surface area contributed by atoms with Crippen molar-refractivity contribution >= 4 is 40.8 Å². The summed E-state index contributed by atoms with van der Waals surface area (Å²) in [4.78, 5) is 51.4. The third-order valence-corrected chi connectivity index (χ3v) is 7.10. The van der Waals surface area contributed by atoms with Gasteiger partial charge in [-0.25, -0.2) is 23.4 Å². The van der Waals surface area contributed by atoms with Crippen molar-refractivity contribution in [3.05, 3.63) is 77.6 Å². The number of rotatable bonds is 9. The van der Waals surface area contributed by atoms with Crippen molar-refractivity contribution in [3.8, 4) is 0 Å². The van der Waals surface area contributed by atoms with Crippen LogP contribution in [0.5, 0.6) is 0 Å². The molecule has 2 aromatic heterocycles. The van der Waals surface area contributed by atoms with E-state index in [1.807, 2.05) is 0 Å². The second-order valence-corrected chi connectivity index (χ2v) is 10.4. The number of nitrogens with one attached hydrogen (secondary N) is 2. The van der Waals surface area contributed by atoms with E-state index in [9.17, 15) is 18.8 Å². The summed E-state index contributed by atoms with van der Waals surface area (Å²) in [5, 5.41) is 5.41. The number of fused-ring (bicyclic) bond motifs is 1. The first kappa shape index (κ1) is 30.5. The zero-order valence-corrected chi connectivity index (χ0v) is 24.3. The molecule has 230 valence electrons. The summed E-state index contributed by atoms with van der Waals surface area (Å²) < 4.78 is 49.8. The molecule has 0 saturated carbocycles. The van der Waals surface area contributed by atoms with E-state index in [0.717, 1.165) is 10.9 Å². The van der Waals surface area contributed by atoms with Gasteiger partial charge in [0.25, 0.3) is 0 Å². The topological polar surface area (TPSA) is 147 Å². The van der Waals surface area contributed by atoms with Gasteiger partial charge in [-0.05, 0) is 30.7 Å². The lowest BCUT2D eigenvalue weighted by Gasteiger charge is -2.28. The summed E-state index contributed by atoms with van der Waals surface area (Å²) in [5.74, 6) is -2.60. The summed E-state index contributed by atoms with van der Waals surface area (Å²) in [6.45, 7) is 3.33. The number of halogens is 2. The number of esters is 2. The number of benzene rings is 2. The van der Waals surface area contributed by atoms with Crippen LogP contribution in [0.25, 0.3) is 11.2 Å². The first-order chi connectivity index (χ1) is 21.1. The molecule has 12 nitrogen and oxygen atoms in total. The molecule has 3 heterocycles. The predicted molar refractivity (Wildman–Crippen MR) is 154 cm³/mol. The molecular formula is C30H30F2N6O6. The highest BCUT2D eigenvalue weighted by molar-refractivity contribution is 5.93. The fourth-order valence-corrected chi connectivity index (χ4v) is 4.66. The molecule has 1 aliphatic heterocycles. The number of nitrogens with zero attached hydrogens (tertiary/aromatic N) is 4. The van der Waals surface area contributed by atoms with Gasteiger partial charge in [0.1, 0.15) is 6.67 Å². The molecule has 14 heteroatoms. The van der Waals surface area contributed by atoms with E-state index in [1.165, 1.54) is 18.2 Å². The molecule has 2 N–H and O–H groups in total. The molecule has 1 amide bonds. The SMILES string of the molecule is CNc1nc(NC(=O)C(C)C)nc2c1ncn2[C@@H]1O[C@H](OC(=O)c2ccccc2C)[C@@H](OC(=O)c2ccccc2)[C@]1(F)CF. The highest BCUT2D eigenvalue weighted by Crippen LogP contribution is 2.46. The minimum absolute atomic E-state index is 0.0390. The molecule has 0 unspecified atom stereocenters. The summed E-state index contributed by atoms with van der Waals surface area (Å²) in [6, 6.07) is 14.2. The Morgan fingerprint density at radius 1 is 1.05 bits per heavy atom. The number of ether oxygens (including phenoxy) is 3. The molecule has 0 bridgehead atoms. The summed E-state index contributed by atoms with van der Waals surface area (Å²) >= 11 is 0. The minimum atomic E-state index is -3.08. The van der Waals surface area contributed by atoms with E-state index in [2.05, 4.69) is 25.6 Å². The number of carbonyl (C=O) groups excluding carboxylic acids is 3. The van der Waals surface area contributed by atoms with Crippen LogP contribution in [0.1, 0.15) is 46.4 Å². The van der Waals surface area contributed by atoms with Crippen LogP contribution in [-0.4, -0.2) is 69.1 Å². The first-order valence-electron chi connectivity index (χ1n) is 13.7. The van der Waals surface area contributed by atoms with Crippen LogP contribution >= 0.6 is 0 Å². The van der Waals surface area contributed by atoms with Crippen LogP contribution in [0.3, 0.4) is 0 Å². The van der Waals surface area contributed by atoms with E-state index in [-0.39, 0.29) is 40.0 Å². The van der Waals surface area contributed by atoms with E-state index in [1.54, 1.807) is 64.2 Å². The number of aromatic nitrogens is 4. The largest absolute Gasteiger partial charge is 0.448 e. The summed E-state index contributed by atoms with van der Waals surface area (Å²) in [6.07, 6.45) is -4.65. The summed E-state index contributed by atoms with van der Waals surface area (Å²) in [7, 11) is 1.56. The Morgan fingerprint density at radius 2 is 1.75 bits per heavy atom. The Balaban J connectivity index is 1.57. The minimum Gasteiger partial charge on any atom is -0.448 e. The maximum atomic E-state index is 17.0. The normalized spacial score (nSPS) is 21.3. The van der Waals surface area contributed by atoms with Crippen LogP contribution in [0.15, 0.2) is 60.9 Å². The molecular weight excluding hydrogens is 578 g/mol. The van der Waals surface area contributed by atoms with Crippen molar-refractivity contribution in [2.75, 3.05) is 24.4 Å². The second kappa shape index (κ2) is 12.3. The number of aryl methyl sites for hydroxylation is 1. The molecule has 0 radical (unpaired) electrons. The highest BCUT2D eigenvalue weighted by Gasteiger charge is 2.63. The van der Waals surface area contributed by atoms with E-state index >= 15 is 4.39 Å². The molecule has 1 fully saturated rings. The van der Waals surface area contributed by atoms with Crippen molar-refractivity contribution in [1.82, 2.24) is 19.5 Å². The lowest BCUT2D eigenvalue weighted by molar-refractivity contribution is -0.148. The van der Waals surface area contributed by atoms with Gasteiger partial charge in [-0.1, -0.05) is 50.2 Å². The van der Waals surface area contributed by atoms with Gasteiger partial charge in [-0.15, -0.1) is 0 Å². The average Bonchev–Trinajstić information content (AvgIpc) is 3.55. The van der Waals surface area contributed by atoms with Crippen LogP contribution in [-0.2, 0) is 19.0 Å². The molecule has 0 aliphatic carbocycles. The number of amides is 1. The lowest BCUT2D eigenvalue weighted by atomic mass is 10.00. The monoisotopic (exact) mass is 608 g/mol. The molecule has 1 saturated heterocycles. The maximum absolute atomic E-state index is 17.0. The fraction of sp³-hybridized carbons (Fsp3) is 0.333. The Morgan fingerprint density at radius 3 is 2.41 bits per heavy atom. The standard InChI is InChI=1S/C30H30F2N6O6/c1-16(2)24(39)37-29-35-22(33-4)20-23(36-29)38(15-34-20)28-30(32,14-31)21(42-25(40)18-11-6-5-7-12-18)27(44-28)43-26(41)19-13-9-8-10-17(19)3/h5-13,15-16,21,27-28H,14H2,1-4H3,(H2,33,35,36,37,39)/t21-,27+,28-,30-/m1/s1. The molecule has 1 aliphatic rings. The zero-order valence-electron chi connectivity index (χ0n) is 24.3. The second-order valence-electron chi connectivity index (χ2n) is 10.4. The van der Waals surface area contributed by atoms with Gasteiger partial charge >= 0.3 is 11.9 Å². The average molecular weight is 609 g/mol. The van der Waals surface area contributed by atoms with Crippen LogP contribution in [0.2, 0.25) is 0 Å². The van der Waals surface area contributed by atoms with Gasteiger partial charge in [0, 0.05) is 13.0 Å². The zero-order chi connectivity index (χ0) is 31.6. The Hall–Kier alpha value is -4.98. The van der Waals surface area contributed by atoms with E-state index in [4.69, 9.17) is 14.2 Å². The Labute approximate surface area is 250 Å². The van der Waals surface area contributed by atoms with Crippen LogP contribution in [0.4, 0.5) is 20.5 Å². The number of hydrogen-bond donors (Lipinski definition) is 2. The van der Waals surface area contributed by atoms with Gasteiger partial charge in [-0.3, -0.25) is 14.7 Å². The van der Waals surface area contributed by atoms with Crippen LogP contribution < -0.4 is 10.6 Å². The predicted octanol–water partition coefficient (Wildman–Crippen LogP) is 4.39. The van der Waals surface area contributed by atoms with E-state index in [0.29, 0.717) is 5.56 Å². The first-order valence-corrected chi connectivity index (χ1v) is 13.7. The third kappa shape index (κ3) is 5.67. The Kier molecular flexibility index (Phi) is 8.54. The van der Waals surface area contributed by atoms with Gasteiger partial charge in [0.15, 0.2) is 23.2 Å². The Bertz CT molecular complexity index is 1700. The number of alkyl halides is 2. The maximum Gasteiger partial charge on any atom is 0.340 e. The number of carbonyl (C=O) groups is 3. The quantitative estimate of drug-likeness (QED) is 0.262. The number of anilines is 2. The third-order valence-electron chi connectivity index (χ3n) is 7.10. The van der Waals surface area contributed by atoms with Gasteiger partial charge < -0.3 is 19.5 Å². The van der Waals surface area contributed by atoms with Crippen LogP contribution in [0, 0.1) is 12.8 Å². The van der Waals surface area contributed by atoms with Gasteiger partial charge in [-0.2, -0.15) is 9.97 Å². The molecule has 44 heavy (non-hydrogen) atoms. The highest BCUT2D eigenvalue weighted by atomic mass is 19.2. The van der Waals surface area contributed by atoms with E-state index < -0.39 is 48.8 Å². The lowest BCUT2D eigenvalue weighted by Crippen LogP contribution is -2.48. The smallest absolute Gasteiger partial charge is 0.340 e. The molecule has 0 spiro atoms. The van der Waals surface area contributed by atoms with Crippen molar-refractivity contribution in [1.29, 1.82) is 0 Å². The number of hydrogen-bond acceptors (Lipinski definition) is 10. The summed E-state index contributed by atoms with van der Waals surface area (Å²) in [5.41, 5.74) is -2.19. The van der Waals surface area contributed by atoms with Crippen molar-refractivity contribution in [2.45, 2.75) is 45.1 Å². The number of imidazole rings is 1. The molecule has 2 aromatic carbocycles. The fourth-order valence-electron chi connectivity index (χ4n) is 4.66. The molecule has 5 rings (SSSR count). The molecule has 4 aromatic rings. The van der Waals surface area contributed by atoms with Crippen molar-refractivity contribution in [3.63, 3.8) is 0 Å². The van der Waals surface area contributed by atoms with Crippen molar-refractivity contribution < 1.29 is 37.4 Å². The van der Waals surface area contributed by atoms with Gasteiger partial charge in [0.2, 0.25) is 29.9 Å².